The van der Waals surface area contributed by atoms with E-state index in [1.54, 1.807) is 0 Å². The first kappa shape index (κ1) is 15.5. The molecule has 0 heterocycles. The molecule has 102 valence electrons. The predicted octanol–water partition coefficient (Wildman–Crippen LogP) is 3.21. The summed E-state index contributed by atoms with van der Waals surface area (Å²) in [4.78, 5) is 4.97. The van der Waals surface area contributed by atoms with E-state index >= 15 is 0 Å². The molecule has 1 rings (SSSR count). The zero-order chi connectivity index (χ0) is 12.9. The van der Waals surface area contributed by atoms with Crippen LogP contribution in [0.1, 0.15) is 39.0 Å². The SMILES string of the molecule is CC(CCBr)CCN(C)CC1(N(C)C)CCC1. The predicted molar refractivity (Wildman–Crippen MR) is 80.0 cm³/mol. The van der Waals surface area contributed by atoms with Gasteiger partial charge in [-0.25, -0.2) is 0 Å². The van der Waals surface area contributed by atoms with Gasteiger partial charge in [-0.1, -0.05) is 22.9 Å². The number of likely N-dealkylation sites (N-methyl/N-ethyl adjacent to an activating group) is 2. The van der Waals surface area contributed by atoms with Gasteiger partial charge < -0.3 is 9.80 Å². The molecular formula is C14H29BrN2. The van der Waals surface area contributed by atoms with Crippen molar-refractivity contribution in [1.29, 1.82) is 0 Å². The number of hydrogen-bond acceptors (Lipinski definition) is 2. The van der Waals surface area contributed by atoms with Crippen molar-refractivity contribution in [2.45, 2.75) is 44.6 Å². The smallest absolute Gasteiger partial charge is 0.0330 e. The minimum atomic E-state index is 0.480. The Labute approximate surface area is 116 Å². The normalized spacial score (nSPS) is 20.6. The van der Waals surface area contributed by atoms with Gasteiger partial charge in [0.25, 0.3) is 0 Å². The molecule has 2 nitrogen and oxygen atoms in total. The van der Waals surface area contributed by atoms with E-state index in [9.17, 15) is 0 Å². The highest BCUT2D eigenvalue weighted by Gasteiger charge is 2.39. The molecule has 3 heteroatoms. The molecule has 0 aromatic carbocycles. The van der Waals surface area contributed by atoms with Gasteiger partial charge in [0.1, 0.15) is 0 Å². The topological polar surface area (TPSA) is 6.48 Å². The molecule has 1 saturated carbocycles. The average Bonchev–Trinajstić information content (AvgIpc) is 2.20. The van der Waals surface area contributed by atoms with E-state index in [4.69, 9.17) is 0 Å². The molecule has 1 aliphatic carbocycles. The Kier molecular flexibility index (Phi) is 6.46. The average molecular weight is 305 g/mol. The van der Waals surface area contributed by atoms with E-state index in [0.29, 0.717) is 5.54 Å². The van der Waals surface area contributed by atoms with Crippen LogP contribution in [0.25, 0.3) is 0 Å². The van der Waals surface area contributed by atoms with Gasteiger partial charge >= 0.3 is 0 Å². The third kappa shape index (κ3) is 4.53. The zero-order valence-corrected chi connectivity index (χ0v) is 13.6. The van der Waals surface area contributed by atoms with Crippen LogP contribution in [0, 0.1) is 5.92 Å². The lowest BCUT2D eigenvalue weighted by Crippen LogP contribution is -2.56. The molecule has 0 bridgehead atoms. The van der Waals surface area contributed by atoms with Crippen molar-refractivity contribution in [3.8, 4) is 0 Å². The van der Waals surface area contributed by atoms with Crippen LogP contribution in [0.3, 0.4) is 0 Å². The largest absolute Gasteiger partial charge is 0.305 e. The highest BCUT2D eigenvalue weighted by Crippen LogP contribution is 2.36. The van der Waals surface area contributed by atoms with Crippen LogP contribution in [0.2, 0.25) is 0 Å². The standard InChI is InChI=1S/C14H29BrN2/c1-13(6-10-15)7-11-17(4)12-14(16(2)3)8-5-9-14/h13H,5-12H2,1-4H3. The number of alkyl halides is 1. The fourth-order valence-corrected chi connectivity index (χ4v) is 3.47. The van der Waals surface area contributed by atoms with Crippen LogP contribution >= 0.6 is 15.9 Å². The van der Waals surface area contributed by atoms with Crippen LogP contribution in [0.5, 0.6) is 0 Å². The Morgan fingerprint density at radius 3 is 2.24 bits per heavy atom. The van der Waals surface area contributed by atoms with Crippen molar-refractivity contribution in [2.75, 3.05) is 39.6 Å². The summed E-state index contributed by atoms with van der Waals surface area (Å²) in [5.41, 5.74) is 0.480. The Bertz CT molecular complexity index is 214. The summed E-state index contributed by atoms with van der Waals surface area (Å²) in [5.74, 6) is 0.841. The van der Waals surface area contributed by atoms with Crippen molar-refractivity contribution in [3.05, 3.63) is 0 Å². The number of nitrogens with zero attached hydrogens (tertiary/aromatic N) is 2. The van der Waals surface area contributed by atoms with Gasteiger partial charge in [-0.2, -0.15) is 0 Å². The van der Waals surface area contributed by atoms with Gasteiger partial charge in [0.2, 0.25) is 0 Å². The molecule has 0 radical (unpaired) electrons. The summed E-state index contributed by atoms with van der Waals surface area (Å²) in [6, 6.07) is 0. The fraction of sp³-hybridized carbons (Fsp3) is 1.00. The Morgan fingerprint density at radius 2 is 1.82 bits per heavy atom. The zero-order valence-electron chi connectivity index (χ0n) is 12.0. The van der Waals surface area contributed by atoms with E-state index < -0.39 is 0 Å². The van der Waals surface area contributed by atoms with Crippen molar-refractivity contribution in [3.63, 3.8) is 0 Å². The molecule has 0 spiro atoms. The lowest BCUT2D eigenvalue weighted by atomic mass is 9.75. The van der Waals surface area contributed by atoms with Crippen molar-refractivity contribution >= 4 is 15.9 Å². The van der Waals surface area contributed by atoms with Gasteiger partial charge in [0.05, 0.1) is 0 Å². The van der Waals surface area contributed by atoms with Gasteiger partial charge in [-0.3, -0.25) is 0 Å². The molecule has 0 aliphatic heterocycles. The fourth-order valence-electron chi connectivity index (χ4n) is 2.68. The first-order valence-corrected chi connectivity index (χ1v) is 8.04. The summed E-state index contributed by atoms with van der Waals surface area (Å²) in [6.07, 6.45) is 6.78. The van der Waals surface area contributed by atoms with Crippen LogP contribution < -0.4 is 0 Å². The van der Waals surface area contributed by atoms with Crippen LogP contribution in [-0.2, 0) is 0 Å². The Hall–Kier alpha value is 0.400. The van der Waals surface area contributed by atoms with Crippen molar-refractivity contribution < 1.29 is 0 Å². The second-order valence-electron chi connectivity index (χ2n) is 6.08. The van der Waals surface area contributed by atoms with E-state index in [2.05, 4.69) is 53.8 Å². The minimum Gasteiger partial charge on any atom is -0.305 e. The summed E-state index contributed by atoms with van der Waals surface area (Å²) in [5, 5.41) is 1.14. The molecule has 0 amide bonds. The van der Waals surface area contributed by atoms with E-state index in [1.807, 2.05) is 0 Å². The van der Waals surface area contributed by atoms with E-state index in [1.165, 1.54) is 45.2 Å². The van der Waals surface area contributed by atoms with Gasteiger partial charge in [-0.05, 0) is 65.7 Å². The highest BCUT2D eigenvalue weighted by molar-refractivity contribution is 9.09. The summed E-state index contributed by atoms with van der Waals surface area (Å²) in [7, 11) is 6.76. The Morgan fingerprint density at radius 1 is 1.18 bits per heavy atom. The molecule has 1 aliphatic rings. The maximum atomic E-state index is 3.52. The molecule has 1 fully saturated rings. The molecule has 1 unspecified atom stereocenters. The quantitative estimate of drug-likeness (QED) is 0.635. The van der Waals surface area contributed by atoms with Gasteiger partial charge in [0.15, 0.2) is 0 Å². The molecule has 1 atom stereocenters. The summed E-state index contributed by atoms with van der Waals surface area (Å²) >= 11 is 3.52. The van der Waals surface area contributed by atoms with Crippen LogP contribution in [0.4, 0.5) is 0 Å². The number of rotatable bonds is 8. The van der Waals surface area contributed by atoms with Gasteiger partial charge in [-0.15, -0.1) is 0 Å². The summed E-state index contributed by atoms with van der Waals surface area (Å²) < 4.78 is 0. The summed E-state index contributed by atoms with van der Waals surface area (Å²) in [6.45, 7) is 4.84. The third-order valence-corrected chi connectivity index (χ3v) is 4.86. The lowest BCUT2D eigenvalue weighted by Gasteiger charge is -2.49. The molecule has 0 N–H and O–H groups in total. The maximum absolute atomic E-state index is 3.52. The molecule has 17 heavy (non-hydrogen) atoms. The first-order chi connectivity index (χ1) is 8.00. The monoisotopic (exact) mass is 304 g/mol. The second kappa shape index (κ2) is 7.10. The van der Waals surface area contributed by atoms with Crippen LogP contribution in [-0.4, -0.2) is 54.9 Å². The minimum absolute atomic E-state index is 0.480. The molecular weight excluding hydrogens is 276 g/mol. The maximum Gasteiger partial charge on any atom is 0.0330 e. The second-order valence-corrected chi connectivity index (χ2v) is 6.87. The van der Waals surface area contributed by atoms with E-state index in [0.717, 1.165) is 11.2 Å². The molecule has 0 aromatic heterocycles. The third-order valence-electron chi connectivity index (χ3n) is 4.40. The van der Waals surface area contributed by atoms with Gasteiger partial charge in [0, 0.05) is 17.4 Å². The lowest BCUT2D eigenvalue weighted by molar-refractivity contribution is 0.0267. The van der Waals surface area contributed by atoms with Crippen molar-refractivity contribution in [2.24, 2.45) is 5.92 Å². The van der Waals surface area contributed by atoms with Crippen LogP contribution in [0.15, 0.2) is 0 Å². The molecule has 0 aromatic rings. The van der Waals surface area contributed by atoms with E-state index in [-0.39, 0.29) is 0 Å². The van der Waals surface area contributed by atoms with Crippen molar-refractivity contribution in [1.82, 2.24) is 9.80 Å². The Balaban J connectivity index is 2.26. The first-order valence-electron chi connectivity index (χ1n) is 6.92. The number of halogens is 1. The molecule has 0 saturated heterocycles. The highest BCUT2D eigenvalue weighted by atomic mass is 79.9. The number of hydrogen-bond donors (Lipinski definition) is 0.